The summed E-state index contributed by atoms with van der Waals surface area (Å²) >= 11 is 0. The summed E-state index contributed by atoms with van der Waals surface area (Å²) in [4.78, 5) is 17.6. The van der Waals surface area contributed by atoms with E-state index in [9.17, 15) is 9.90 Å². The highest BCUT2D eigenvalue weighted by atomic mass is 16.5. The molecule has 158 valence electrons. The molecule has 1 heterocycles. The number of hydrogen-bond donors (Lipinski definition) is 1. The molecule has 3 rings (SSSR count). The first-order valence-electron chi connectivity index (χ1n) is 10.0. The van der Waals surface area contributed by atoms with E-state index in [1.807, 2.05) is 72.2 Å². The lowest BCUT2D eigenvalue weighted by Crippen LogP contribution is -2.28. The van der Waals surface area contributed by atoms with Crippen LogP contribution < -0.4 is 0 Å². The number of aromatic nitrogens is 2. The third-order valence-corrected chi connectivity index (χ3v) is 4.48. The molecule has 0 atom stereocenters. The molecule has 0 radical (unpaired) electrons. The quantitative estimate of drug-likeness (QED) is 0.537. The summed E-state index contributed by atoms with van der Waals surface area (Å²) in [6, 6.07) is 19.1. The summed E-state index contributed by atoms with van der Waals surface area (Å²) < 4.78 is 13.0. The molecule has 1 aromatic heterocycles. The van der Waals surface area contributed by atoms with Crippen molar-refractivity contribution in [3.8, 4) is 11.3 Å². The van der Waals surface area contributed by atoms with Crippen molar-refractivity contribution in [2.45, 2.75) is 46.1 Å². The summed E-state index contributed by atoms with van der Waals surface area (Å²) in [5, 5.41) is 10.5. The minimum Gasteiger partial charge on any atom is -0.456 e. The van der Waals surface area contributed by atoms with Crippen LogP contribution in [-0.2, 0) is 29.2 Å². The van der Waals surface area contributed by atoms with Crippen LogP contribution in [0.3, 0.4) is 0 Å². The fourth-order valence-electron chi connectivity index (χ4n) is 3.18. The minimum absolute atomic E-state index is 0.160. The second-order valence-electron chi connectivity index (χ2n) is 7.69. The Morgan fingerprint density at radius 1 is 1.03 bits per heavy atom. The highest BCUT2D eigenvalue weighted by Gasteiger charge is 2.27. The van der Waals surface area contributed by atoms with Crippen molar-refractivity contribution in [2.75, 3.05) is 6.61 Å². The molecule has 0 unspecified atom stereocenters. The maximum atomic E-state index is 13.0. The van der Waals surface area contributed by atoms with Crippen molar-refractivity contribution >= 4 is 5.97 Å². The van der Waals surface area contributed by atoms with Crippen LogP contribution in [0.4, 0.5) is 0 Å². The number of aliphatic hydroxyl groups is 1. The monoisotopic (exact) mass is 408 g/mol. The topological polar surface area (TPSA) is 73.6 Å². The second kappa shape index (κ2) is 9.69. The molecule has 0 aliphatic rings. The third-order valence-electron chi connectivity index (χ3n) is 4.48. The van der Waals surface area contributed by atoms with E-state index >= 15 is 0 Å². The summed E-state index contributed by atoms with van der Waals surface area (Å²) in [7, 11) is 0. The Labute approximate surface area is 177 Å². The van der Waals surface area contributed by atoms with Gasteiger partial charge in [-0.3, -0.25) is 0 Å². The first kappa shape index (κ1) is 21.7. The zero-order chi connectivity index (χ0) is 21.6. The van der Waals surface area contributed by atoms with Crippen LogP contribution in [0, 0.1) is 0 Å². The van der Waals surface area contributed by atoms with Crippen LogP contribution in [0.2, 0.25) is 0 Å². The van der Waals surface area contributed by atoms with Crippen molar-refractivity contribution in [1.82, 2.24) is 9.55 Å². The van der Waals surface area contributed by atoms with Gasteiger partial charge in [-0.15, -0.1) is 0 Å². The van der Waals surface area contributed by atoms with E-state index in [1.54, 1.807) is 13.8 Å². The van der Waals surface area contributed by atoms with Gasteiger partial charge in [0.25, 0.3) is 0 Å². The number of ether oxygens (including phenoxy) is 2. The third kappa shape index (κ3) is 5.55. The molecule has 0 spiro atoms. The molecule has 2 aromatic carbocycles. The van der Waals surface area contributed by atoms with Crippen molar-refractivity contribution < 1.29 is 19.4 Å². The molecule has 0 saturated heterocycles. The van der Waals surface area contributed by atoms with Crippen LogP contribution in [0.15, 0.2) is 60.7 Å². The highest BCUT2D eigenvalue weighted by Crippen LogP contribution is 2.28. The number of esters is 1. The van der Waals surface area contributed by atoms with Gasteiger partial charge in [0.2, 0.25) is 0 Å². The molecule has 6 heteroatoms. The second-order valence-corrected chi connectivity index (χ2v) is 7.69. The predicted molar refractivity (Wildman–Crippen MR) is 115 cm³/mol. The van der Waals surface area contributed by atoms with E-state index in [1.165, 1.54) is 0 Å². The molecular weight excluding hydrogens is 380 g/mol. The van der Waals surface area contributed by atoms with Gasteiger partial charge >= 0.3 is 5.97 Å². The van der Waals surface area contributed by atoms with E-state index in [0.29, 0.717) is 18.1 Å². The average Bonchev–Trinajstić information content (AvgIpc) is 3.08. The zero-order valence-corrected chi connectivity index (χ0v) is 17.7. The average molecular weight is 408 g/mol. The molecule has 3 aromatic rings. The Morgan fingerprint density at radius 2 is 1.67 bits per heavy atom. The van der Waals surface area contributed by atoms with Gasteiger partial charge in [-0.25, -0.2) is 9.78 Å². The van der Waals surface area contributed by atoms with Gasteiger partial charge in [-0.2, -0.15) is 0 Å². The van der Waals surface area contributed by atoms with Gasteiger partial charge in [0.1, 0.15) is 19.0 Å². The van der Waals surface area contributed by atoms with Gasteiger partial charge in [-0.1, -0.05) is 60.7 Å². The molecule has 0 aliphatic heterocycles. The maximum Gasteiger partial charge on any atom is 0.359 e. The number of rotatable bonds is 9. The van der Waals surface area contributed by atoms with Gasteiger partial charge in [0, 0.05) is 12.2 Å². The molecule has 0 aliphatic carbocycles. The molecule has 0 bridgehead atoms. The summed E-state index contributed by atoms with van der Waals surface area (Å²) in [5.41, 5.74) is 1.55. The standard InChI is InChI=1S/C24H28N2O4/c1-4-29-16-20-25-21(23(27)30-15-18-11-7-5-8-12-18)22(19-13-9-6-10-14-19)26(20)17-24(2,3)28/h5-14,28H,4,15-17H2,1-3H3. The summed E-state index contributed by atoms with van der Waals surface area (Å²) in [6.07, 6.45) is 0. The maximum absolute atomic E-state index is 13.0. The van der Waals surface area contributed by atoms with Crippen LogP contribution in [0.1, 0.15) is 42.6 Å². The first-order chi connectivity index (χ1) is 14.4. The first-order valence-corrected chi connectivity index (χ1v) is 10.0. The fourth-order valence-corrected chi connectivity index (χ4v) is 3.18. The van der Waals surface area contributed by atoms with Crippen LogP contribution >= 0.6 is 0 Å². The van der Waals surface area contributed by atoms with Gasteiger partial charge in [-0.05, 0) is 26.3 Å². The number of hydrogen-bond acceptors (Lipinski definition) is 5. The van der Waals surface area contributed by atoms with E-state index in [0.717, 1.165) is 11.1 Å². The minimum atomic E-state index is -1.00. The van der Waals surface area contributed by atoms with Crippen molar-refractivity contribution in [3.63, 3.8) is 0 Å². The van der Waals surface area contributed by atoms with Gasteiger partial charge in [0.05, 0.1) is 17.8 Å². The Kier molecular flexibility index (Phi) is 7.03. The van der Waals surface area contributed by atoms with E-state index in [2.05, 4.69) is 4.98 Å². The van der Waals surface area contributed by atoms with Crippen LogP contribution in [0.5, 0.6) is 0 Å². The molecule has 0 saturated carbocycles. The lowest BCUT2D eigenvalue weighted by atomic mass is 10.1. The predicted octanol–water partition coefficient (Wildman–Crippen LogP) is 4.21. The summed E-state index contributed by atoms with van der Waals surface area (Å²) in [6.45, 7) is 6.52. The van der Waals surface area contributed by atoms with Gasteiger partial charge < -0.3 is 19.1 Å². The zero-order valence-electron chi connectivity index (χ0n) is 17.7. The molecular formula is C24H28N2O4. The molecule has 0 amide bonds. The fraction of sp³-hybridized carbons (Fsp3) is 0.333. The Morgan fingerprint density at radius 3 is 2.27 bits per heavy atom. The van der Waals surface area contributed by atoms with Gasteiger partial charge in [0.15, 0.2) is 5.69 Å². The lowest BCUT2D eigenvalue weighted by Gasteiger charge is -2.22. The number of benzene rings is 2. The Bertz CT molecular complexity index is 960. The number of imidazole rings is 1. The Balaban J connectivity index is 2.02. The smallest absolute Gasteiger partial charge is 0.359 e. The number of carbonyl (C=O) groups is 1. The van der Waals surface area contributed by atoms with Crippen molar-refractivity contribution in [3.05, 3.63) is 77.7 Å². The Hall–Kier alpha value is -2.96. The van der Waals surface area contributed by atoms with Crippen molar-refractivity contribution in [2.24, 2.45) is 0 Å². The van der Waals surface area contributed by atoms with Crippen LogP contribution in [-0.4, -0.2) is 32.8 Å². The molecule has 1 N–H and O–H groups in total. The SMILES string of the molecule is CCOCc1nc(C(=O)OCc2ccccc2)c(-c2ccccc2)n1CC(C)(C)O. The molecule has 6 nitrogen and oxygen atoms in total. The number of nitrogens with zero attached hydrogens (tertiary/aromatic N) is 2. The number of carbonyl (C=O) groups excluding carboxylic acids is 1. The lowest BCUT2D eigenvalue weighted by molar-refractivity contribution is 0.0465. The van der Waals surface area contributed by atoms with Crippen molar-refractivity contribution in [1.29, 1.82) is 0 Å². The van der Waals surface area contributed by atoms with E-state index in [-0.39, 0.29) is 25.5 Å². The largest absolute Gasteiger partial charge is 0.456 e. The molecule has 0 fully saturated rings. The van der Waals surface area contributed by atoms with E-state index < -0.39 is 11.6 Å². The normalized spacial score (nSPS) is 11.5. The van der Waals surface area contributed by atoms with Crippen LogP contribution in [0.25, 0.3) is 11.3 Å². The molecule has 30 heavy (non-hydrogen) atoms. The van der Waals surface area contributed by atoms with E-state index in [4.69, 9.17) is 9.47 Å². The highest BCUT2D eigenvalue weighted by molar-refractivity contribution is 5.94. The summed E-state index contributed by atoms with van der Waals surface area (Å²) in [5.74, 6) is 0.0643.